The Hall–Kier alpha value is -5.03. The summed E-state index contributed by atoms with van der Waals surface area (Å²) >= 11 is 0. The number of aryl methyl sites for hydroxylation is 1. The number of amides is 4. The quantitative estimate of drug-likeness (QED) is 0.251. The number of rotatable bonds is 10. The van der Waals surface area contributed by atoms with Crippen LogP contribution < -0.4 is 20.9 Å². The molecule has 0 spiro atoms. The largest absolute Gasteiger partial charge is 0.480 e. The fraction of sp³-hybridized carbons (Fsp3) is 0.425. The number of nitrogens with one attached hydrogen (secondary N) is 3. The number of anilines is 1. The number of carboxylic acids is 1. The van der Waals surface area contributed by atoms with Crippen LogP contribution in [0.2, 0.25) is 0 Å². The smallest absolute Gasteiger partial charge is 0.322 e. The molecule has 3 aliphatic heterocycles. The molecule has 3 aromatic rings. The molecule has 3 aromatic carbocycles. The van der Waals surface area contributed by atoms with E-state index in [2.05, 4.69) is 28.1 Å². The van der Waals surface area contributed by atoms with E-state index in [0.29, 0.717) is 31.6 Å². The molecule has 51 heavy (non-hydrogen) atoms. The minimum absolute atomic E-state index is 0.00928. The maximum absolute atomic E-state index is 13.7. The van der Waals surface area contributed by atoms with Gasteiger partial charge in [0.15, 0.2) is 0 Å². The molecule has 4 N–H and O–H groups in total. The Balaban J connectivity index is 0.000000328. The van der Waals surface area contributed by atoms with Crippen LogP contribution in [0.15, 0.2) is 84.9 Å². The highest BCUT2D eigenvalue weighted by molar-refractivity contribution is 6.08. The van der Waals surface area contributed by atoms with Gasteiger partial charge in [-0.2, -0.15) is 0 Å². The summed E-state index contributed by atoms with van der Waals surface area (Å²) in [6.45, 7) is 6.41. The number of piperidine rings is 2. The first-order chi connectivity index (χ1) is 24.6. The Morgan fingerprint density at radius 1 is 0.902 bits per heavy atom. The molecule has 2 atom stereocenters. The summed E-state index contributed by atoms with van der Waals surface area (Å²) in [4.78, 5) is 65.4. The molecule has 270 valence electrons. The summed E-state index contributed by atoms with van der Waals surface area (Å²) in [5.74, 6) is -1.42. The van der Waals surface area contributed by atoms with Crippen LogP contribution in [-0.2, 0) is 31.0 Å². The molecular weight excluding hydrogens is 646 g/mol. The first-order valence-corrected chi connectivity index (χ1v) is 17.9. The zero-order valence-corrected chi connectivity index (χ0v) is 29.5. The molecule has 0 aliphatic carbocycles. The van der Waals surface area contributed by atoms with E-state index in [1.165, 1.54) is 0 Å². The monoisotopic (exact) mass is 695 g/mol. The molecule has 11 nitrogen and oxygen atoms in total. The Kier molecular flexibility index (Phi) is 12.6. The zero-order valence-electron chi connectivity index (χ0n) is 29.5. The number of carbonyl (C=O) groups is 5. The average Bonchev–Trinajstić information content (AvgIpc) is 3.37. The van der Waals surface area contributed by atoms with Crippen molar-refractivity contribution in [1.29, 1.82) is 0 Å². The number of aliphatic carboxylic acids is 1. The van der Waals surface area contributed by atoms with Gasteiger partial charge in [0, 0.05) is 36.9 Å². The number of carbonyl (C=O) groups excluding carboxylic acids is 4. The molecule has 6 rings (SSSR count). The van der Waals surface area contributed by atoms with E-state index in [4.69, 9.17) is 5.11 Å². The predicted molar refractivity (Wildman–Crippen MR) is 195 cm³/mol. The minimum Gasteiger partial charge on any atom is -0.480 e. The third-order valence-electron chi connectivity index (χ3n) is 10.0. The van der Waals surface area contributed by atoms with E-state index in [-0.39, 0.29) is 42.1 Å². The van der Waals surface area contributed by atoms with Gasteiger partial charge >= 0.3 is 5.97 Å². The summed E-state index contributed by atoms with van der Waals surface area (Å²) in [5.41, 5.74) is 3.16. The lowest BCUT2D eigenvalue weighted by molar-refractivity contribution is -0.138. The lowest BCUT2D eigenvalue weighted by Crippen LogP contribution is -2.55. The van der Waals surface area contributed by atoms with Gasteiger partial charge in [0.05, 0.1) is 11.3 Å². The highest BCUT2D eigenvalue weighted by atomic mass is 16.4. The molecule has 2 saturated heterocycles. The van der Waals surface area contributed by atoms with Crippen LogP contribution in [-0.4, -0.2) is 84.4 Å². The van der Waals surface area contributed by atoms with Crippen molar-refractivity contribution < 1.29 is 29.1 Å². The fourth-order valence-electron chi connectivity index (χ4n) is 7.09. The number of nitrogens with zero attached hydrogens (tertiary/aromatic N) is 2. The van der Waals surface area contributed by atoms with E-state index in [9.17, 15) is 24.0 Å². The standard InChI is InChI=1S/C31H40N4O3.C9H9NO3/c1-31(2)25-12-6-7-13-27(25)35(30(31)38)24-16-19-34(20-17-24)29(37)26(15-14-22-9-4-3-5-10-22)33-28(36)23-11-8-18-32-21-23;11-8(12)6-10-9(13)7-4-2-1-3-5-7/h3-7,9-10,12-13,23-24,26,32H,8,11,14-21H2,1-2H3,(H,33,36);1-5H,6H2,(H,10,13)(H,11,12)/t23-,26?;/m1./s1. The van der Waals surface area contributed by atoms with Gasteiger partial charge in [0.25, 0.3) is 5.91 Å². The van der Waals surface area contributed by atoms with Crippen LogP contribution in [0.25, 0.3) is 0 Å². The molecule has 3 aliphatic rings. The molecule has 0 saturated carbocycles. The molecule has 0 aromatic heterocycles. The van der Waals surface area contributed by atoms with Crippen molar-refractivity contribution in [1.82, 2.24) is 20.9 Å². The molecule has 11 heteroatoms. The van der Waals surface area contributed by atoms with Crippen molar-refractivity contribution in [3.05, 3.63) is 102 Å². The maximum atomic E-state index is 13.7. The van der Waals surface area contributed by atoms with Crippen molar-refractivity contribution in [2.45, 2.75) is 69.9 Å². The van der Waals surface area contributed by atoms with Gasteiger partial charge in [-0.25, -0.2) is 0 Å². The van der Waals surface area contributed by atoms with E-state index < -0.39 is 17.4 Å². The molecule has 2 fully saturated rings. The number of hydrogen-bond acceptors (Lipinski definition) is 6. The van der Waals surface area contributed by atoms with Crippen molar-refractivity contribution in [2.75, 3.05) is 37.6 Å². The highest BCUT2D eigenvalue weighted by Crippen LogP contribution is 2.43. The van der Waals surface area contributed by atoms with Crippen LogP contribution in [0.1, 0.15) is 67.4 Å². The molecule has 3 heterocycles. The van der Waals surface area contributed by atoms with Crippen molar-refractivity contribution in [2.24, 2.45) is 5.92 Å². The average molecular weight is 696 g/mol. The summed E-state index contributed by atoms with van der Waals surface area (Å²) in [6.07, 6.45) is 4.59. The highest BCUT2D eigenvalue weighted by Gasteiger charge is 2.47. The summed E-state index contributed by atoms with van der Waals surface area (Å²) < 4.78 is 0. The zero-order chi connectivity index (χ0) is 36.4. The van der Waals surface area contributed by atoms with Crippen molar-refractivity contribution in [3.63, 3.8) is 0 Å². The van der Waals surface area contributed by atoms with Crippen LogP contribution in [0, 0.1) is 5.92 Å². The number of benzene rings is 3. The Bertz CT molecular complexity index is 1670. The summed E-state index contributed by atoms with van der Waals surface area (Å²) in [5, 5.41) is 17.0. The number of hydrogen-bond donors (Lipinski definition) is 4. The van der Waals surface area contributed by atoms with Gasteiger partial charge in [-0.15, -0.1) is 0 Å². The predicted octanol–water partition coefficient (Wildman–Crippen LogP) is 3.92. The summed E-state index contributed by atoms with van der Waals surface area (Å²) in [6, 6.07) is 26.2. The lowest BCUT2D eigenvalue weighted by atomic mass is 9.86. The van der Waals surface area contributed by atoms with Crippen LogP contribution in [0.4, 0.5) is 5.69 Å². The second kappa shape index (κ2) is 17.3. The van der Waals surface area contributed by atoms with Gasteiger partial charge in [-0.05, 0) is 88.2 Å². The van der Waals surface area contributed by atoms with Crippen LogP contribution in [0.5, 0.6) is 0 Å². The first kappa shape index (κ1) is 37.2. The second-order valence-electron chi connectivity index (χ2n) is 13.9. The fourth-order valence-corrected chi connectivity index (χ4v) is 7.09. The number of carboxylic acid groups (broad SMARTS) is 1. The van der Waals surface area contributed by atoms with E-state index >= 15 is 0 Å². The number of fused-ring (bicyclic) bond motifs is 1. The summed E-state index contributed by atoms with van der Waals surface area (Å²) in [7, 11) is 0. The number of para-hydroxylation sites is 1. The van der Waals surface area contributed by atoms with E-state index in [0.717, 1.165) is 55.5 Å². The first-order valence-electron chi connectivity index (χ1n) is 17.9. The van der Waals surface area contributed by atoms with Crippen molar-refractivity contribution >= 4 is 35.3 Å². The third-order valence-corrected chi connectivity index (χ3v) is 10.0. The SMILES string of the molecule is CC1(C)C(=O)N(C2CCN(C(=O)C(CCc3ccccc3)NC(=O)[C@@H]3CCCNC3)CC2)c2ccccc21.O=C(O)CNC(=O)c1ccccc1. The lowest BCUT2D eigenvalue weighted by Gasteiger charge is -2.39. The molecular formula is C40H49N5O6. The normalized spacial score (nSPS) is 18.9. The van der Waals surface area contributed by atoms with E-state index in [1.54, 1.807) is 30.3 Å². The molecule has 4 amide bonds. The van der Waals surface area contributed by atoms with Gasteiger partial charge in [0.2, 0.25) is 17.7 Å². The number of likely N-dealkylation sites (tertiary alicyclic amines) is 1. The third kappa shape index (κ3) is 9.40. The second-order valence-corrected chi connectivity index (χ2v) is 13.9. The van der Waals surface area contributed by atoms with Crippen LogP contribution >= 0.6 is 0 Å². The van der Waals surface area contributed by atoms with Gasteiger partial charge in [0.1, 0.15) is 12.6 Å². The van der Waals surface area contributed by atoms with Crippen LogP contribution in [0.3, 0.4) is 0 Å². The maximum Gasteiger partial charge on any atom is 0.322 e. The van der Waals surface area contributed by atoms with Gasteiger partial charge in [-0.1, -0.05) is 66.7 Å². The molecule has 0 bridgehead atoms. The Morgan fingerprint density at radius 3 is 2.20 bits per heavy atom. The van der Waals surface area contributed by atoms with E-state index in [1.807, 2.05) is 66.1 Å². The van der Waals surface area contributed by atoms with Gasteiger partial charge in [-0.3, -0.25) is 24.0 Å². The Labute approximate surface area is 299 Å². The minimum atomic E-state index is -1.05. The topological polar surface area (TPSA) is 148 Å². The molecule has 1 unspecified atom stereocenters. The van der Waals surface area contributed by atoms with Crippen molar-refractivity contribution in [3.8, 4) is 0 Å². The Morgan fingerprint density at radius 2 is 1.55 bits per heavy atom. The van der Waals surface area contributed by atoms with Gasteiger partial charge < -0.3 is 30.9 Å². The molecule has 0 radical (unpaired) electrons.